The Morgan fingerprint density at radius 3 is 2.94 bits per heavy atom. The summed E-state index contributed by atoms with van der Waals surface area (Å²) in [6, 6.07) is 4.90. The Hall–Kier alpha value is -2.28. The predicted molar refractivity (Wildman–Crippen MR) is 66.8 cm³/mol. The van der Waals surface area contributed by atoms with Crippen molar-refractivity contribution >= 4 is 29.1 Å². The summed E-state index contributed by atoms with van der Waals surface area (Å²) in [6.45, 7) is 0. The molecule has 1 aromatic carbocycles. The number of nitrogens with one attached hydrogen (secondary N) is 2. The lowest BCUT2D eigenvalue weighted by molar-refractivity contribution is 0.101. The molecule has 1 aromatic heterocycles. The number of halogens is 1. The van der Waals surface area contributed by atoms with Gasteiger partial charge in [-0.1, -0.05) is 11.6 Å². The number of nitrogen functional groups attached to an aromatic ring is 1. The molecule has 0 fully saturated rings. The number of methoxy groups -OCH3 is 1. The first-order valence-electron chi connectivity index (χ1n) is 4.93. The molecule has 1 heterocycles. The second kappa shape index (κ2) is 4.92. The van der Waals surface area contributed by atoms with Gasteiger partial charge in [0.25, 0.3) is 5.91 Å². The molecule has 1 amide bonds. The van der Waals surface area contributed by atoms with Crippen LogP contribution in [0, 0.1) is 0 Å². The Morgan fingerprint density at radius 2 is 2.33 bits per heavy atom. The molecule has 0 saturated heterocycles. The second-order valence-corrected chi connectivity index (χ2v) is 3.75. The van der Waals surface area contributed by atoms with Crippen LogP contribution in [0.25, 0.3) is 0 Å². The second-order valence-electron chi connectivity index (χ2n) is 3.34. The topological polar surface area (TPSA) is 106 Å². The number of anilines is 2. The standard InChI is InChI=1S/C10H10ClN5O2/c1-18-5-2-3-6(11)7(4-5)13-9(17)8-14-10(12)16-15-8/h2-4H,1H3,(H,13,17)(H3,12,14,15,16). The molecule has 18 heavy (non-hydrogen) atoms. The van der Waals surface area contributed by atoms with Gasteiger partial charge in [0, 0.05) is 6.07 Å². The Labute approximate surface area is 107 Å². The van der Waals surface area contributed by atoms with Gasteiger partial charge in [-0.3, -0.25) is 9.89 Å². The molecule has 0 saturated carbocycles. The van der Waals surface area contributed by atoms with E-state index in [2.05, 4.69) is 20.5 Å². The van der Waals surface area contributed by atoms with Crippen LogP contribution in [-0.4, -0.2) is 28.2 Å². The molecule has 0 unspecified atom stereocenters. The van der Waals surface area contributed by atoms with E-state index in [-0.39, 0.29) is 11.8 Å². The third kappa shape index (κ3) is 2.51. The van der Waals surface area contributed by atoms with E-state index in [1.54, 1.807) is 18.2 Å². The van der Waals surface area contributed by atoms with Crippen LogP contribution < -0.4 is 15.8 Å². The minimum atomic E-state index is -0.491. The molecule has 0 radical (unpaired) electrons. The number of ether oxygens (including phenoxy) is 1. The van der Waals surface area contributed by atoms with E-state index in [1.807, 2.05) is 0 Å². The summed E-state index contributed by atoms with van der Waals surface area (Å²) in [7, 11) is 1.52. The molecular weight excluding hydrogens is 258 g/mol. The maximum Gasteiger partial charge on any atom is 0.293 e. The molecule has 7 nitrogen and oxygen atoms in total. The fraction of sp³-hybridized carbons (Fsp3) is 0.100. The van der Waals surface area contributed by atoms with E-state index in [9.17, 15) is 4.79 Å². The number of hydrogen-bond acceptors (Lipinski definition) is 5. The summed E-state index contributed by atoms with van der Waals surface area (Å²) < 4.78 is 5.04. The third-order valence-corrected chi connectivity index (χ3v) is 2.47. The van der Waals surface area contributed by atoms with Crippen molar-refractivity contribution in [3.63, 3.8) is 0 Å². The van der Waals surface area contributed by atoms with E-state index < -0.39 is 5.91 Å². The smallest absolute Gasteiger partial charge is 0.293 e. The van der Waals surface area contributed by atoms with Gasteiger partial charge in [-0.05, 0) is 12.1 Å². The minimum absolute atomic E-state index is 0.00288. The van der Waals surface area contributed by atoms with Crippen molar-refractivity contribution in [3.8, 4) is 5.75 Å². The number of aromatic nitrogens is 3. The first kappa shape index (κ1) is 12.2. The molecule has 0 atom stereocenters. The molecular formula is C10H10ClN5O2. The summed E-state index contributed by atoms with van der Waals surface area (Å²) >= 11 is 5.95. The summed E-state index contributed by atoms with van der Waals surface area (Å²) in [6.07, 6.45) is 0. The van der Waals surface area contributed by atoms with Gasteiger partial charge in [0.05, 0.1) is 17.8 Å². The molecule has 4 N–H and O–H groups in total. The average molecular weight is 268 g/mol. The Morgan fingerprint density at radius 1 is 1.56 bits per heavy atom. The summed E-state index contributed by atoms with van der Waals surface area (Å²) in [5.41, 5.74) is 5.72. The lowest BCUT2D eigenvalue weighted by atomic mass is 10.3. The highest BCUT2D eigenvalue weighted by Gasteiger charge is 2.13. The van der Waals surface area contributed by atoms with Gasteiger partial charge in [-0.2, -0.15) is 4.98 Å². The number of rotatable bonds is 3. The quantitative estimate of drug-likeness (QED) is 0.777. The van der Waals surface area contributed by atoms with Crippen molar-refractivity contribution in [2.75, 3.05) is 18.2 Å². The first-order chi connectivity index (χ1) is 8.60. The highest BCUT2D eigenvalue weighted by molar-refractivity contribution is 6.33. The van der Waals surface area contributed by atoms with Crippen molar-refractivity contribution in [2.24, 2.45) is 0 Å². The zero-order chi connectivity index (χ0) is 13.1. The molecule has 2 aromatic rings. The largest absolute Gasteiger partial charge is 0.497 e. The first-order valence-corrected chi connectivity index (χ1v) is 5.30. The van der Waals surface area contributed by atoms with Gasteiger partial charge in [0.1, 0.15) is 5.75 Å². The summed E-state index contributed by atoms with van der Waals surface area (Å²) in [5.74, 6) is 0.0874. The number of amides is 1. The maximum atomic E-state index is 11.8. The van der Waals surface area contributed by atoms with E-state index in [1.165, 1.54) is 7.11 Å². The van der Waals surface area contributed by atoms with E-state index in [4.69, 9.17) is 22.1 Å². The van der Waals surface area contributed by atoms with Crippen LogP contribution in [0.2, 0.25) is 5.02 Å². The van der Waals surface area contributed by atoms with Crippen molar-refractivity contribution < 1.29 is 9.53 Å². The molecule has 8 heteroatoms. The predicted octanol–water partition coefficient (Wildman–Crippen LogP) is 1.30. The number of nitrogens with two attached hydrogens (primary N) is 1. The van der Waals surface area contributed by atoms with Crippen LogP contribution in [0.15, 0.2) is 18.2 Å². The number of carbonyl (C=O) groups is 1. The number of aromatic amines is 1. The molecule has 0 aliphatic heterocycles. The minimum Gasteiger partial charge on any atom is -0.497 e. The molecule has 2 rings (SSSR count). The zero-order valence-electron chi connectivity index (χ0n) is 9.40. The lowest BCUT2D eigenvalue weighted by Crippen LogP contribution is -2.14. The van der Waals surface area contributed by atoms with E-state index >= 15 is 0 Å². The van der Waals surface area contributed by atoms with Crippen LogP contribution in [0.4, 0.5) is 11.6 Å². The molecule has 0 aliphatic rings. The van der Waals surface area contributed by atoms with Gasteiger partial charge >= 0.3 is 0 Å². The molecule has 94 valence electrons. The number of benzene rings is 1. The average Bonchev–Trinajstić information content (AvgIpc) is 2.79. The highest BCUT2D eigenvalue weighted by Crippen LogP contribution is 2.26. The van der Waals surface area contributed by atoms with Crippen molar-refractivity contribution in [1.29, 1.82) is 0 Å². The molecule has 0 bridgehead atoms. The monoisotopic (exact) mass is 267 g/mol. The van der Waals surface area contributed by atoms with Crippen LogP contribution in [0.5, 0.6) is 5.75 Å². The fourth-order valence-corrected chi connectivity index (χ4v) is 1.45. The van der Waals surface area contributed by atoms with Crippen LogP contribution in [0.1, 0.15) is 10.6 Å². The highest BCUT2D eigenvalue weighted by atomic mass is 35.5. The Bertz CT molecular complexity index is 583. The van der Waals surface area contributed by atoms with Gasteiger partial charge in [0.15, 0.2) is 0 Å². The van der Waals surface area contributed by atoms with Crippen LogP contribution in [-0.2, 0) is 0 Å². The normalized spacial score (nSPS) is 10.1. The lowest BCUT2D eigenvalue weighted by Gasteiger charge is -2.07. The van der Waals surface area contributed by atoms with Crippen molar-refractivity contribution in [1.82, 2.24) is 15.2 Å². The van der Waals surface area contributed by atoms with Crippen molar-refractivity contribution in [3.05, 3.63) is 29.0 Å². The Balaban J connectivity index is 2.21. The van der Waals surface area contributed by atoms with Gasteiger partial charge in [-0.15, -0.1) is 5.10 Å². The van der Waals surface area contributed by atoms with Crippen LogP contribution in [0.3, 0.4) is 0 Å². The van der Waals surface area contributed by atoms with Crippen molar-refractivity contribution in [2.45, 2.75) is 0 Å². The molecule has 0 spiro atoms. The number of nitrogens with zero attached hydrogens (tertiary/aromatic N) is 2. The zero-order valence-corrected chi connectivity index (χ0v) is 10.2. The maximum absolute atomic E-state index is 11.8. The SMILES string of the molecule is COc1ccc(Cl)c(NC(=O)c2nc(N)n[nH]2)c1. The van der Waals surface area contributed by atoms with Gasteiger partial charge in [0.2, 0.25) is 11.8 Å². The number of H-pyrrole nitrogens is 1. The van der Waals surface area contributed by atoms with E-state index in [0.717, 1.165) is 0 Å². The summed E-state index contributed by atoms with van der Waals surface area (Å²) in [4.78, 5) is 15.5. The Kier molecular flexibility index (Phi) is 3.33. The molecule has 0 aliphatic carbocycles. The third-order valence-electron chi connectivity index (χ3n) is 2.14. The van der Waals surface area contributed by atoms with Crippen LogP contribution >= 0.6 is 11.6 Å². The fourth-order valence-electron chi connectivity index (χ4n) is 1.28. The van der Waals surface area contributed by atoms with E-state index in [0.29, 0.717) is 16.5 Å². The van der Waals surface area contributed by atoms with Gasteiger partial charge in [-0.25, -0.2) is 0 Å². The number of carbonyl (C=O) groups excluding carboxylic acids is 1. The summed E-state index contributed by atoms with van der Waals surface area (Å²) in [5, 5.41) is 8.92. The van der Waals surface area contributed by atoms with Gasteiger partial charge < -0.3 is 15.8 Å². The number of hydrogen-bond donors (Lipinski definition) is 3.